The molecule has 3 rings (SSSR count). The van der Waals surface area contributed by atoms with Crippen LogP contribution in [0.5, 0.6) is 5.75 Å². The molecule has 2 aromatic rings. The molecule has 2 amide bonds. The van der Waals surface area contributed by atoms with Crippen molar-refractivity contribution in [3.63, 3.8) is 0 Å². The number of nitrogens with zero attached hydrogens (tertiary/aromatic N) is 2. The number of carbonyl (C=O) groups excluding carboxylic acids is 2. The fourth-order valence-corrected chi connectivity index (χ4v) is 3.69. The van der Waals surface area contributed by atoms with Crippen molar-refractivity contribution >= 4 is 33.4 Å². The number of halogens is 1. The predicted molar refractivity (Wildman–Crippen MR) is 109 cm³/mol. The standard InChI is InChI=1S/C21H23BrN2O3/c1-23(14-16-13-17(22)8-11-19(16)27-2)21(26)15-6-9-18(10-7-15)24-12-4-3-5-20(24)25/h6-11,13H,3-5,12,14H2,1-2H3. The van der Waals surface area contributed by atoms with Crippen LogP contribution >= 0.6 is 15.9 Å². The summed E-state index contributed by atoms with van der Waals surface area (Å²) in [4.78, 5) is 28.3. The highest BCUT2D eigenvalue weighted by atomic mass is 79.9. The van der Waals surface area contributed by atoms with E-state index in [4.69, 9.17) is 4.74 Å². The zero-order chi connectivity index (χ0) is 19.4. The Balaban J connectivity index is 1.72. The van der Waals surface area contributed by atoms with Gasteiger partial charge < -0.3 is 14.5 Å². The molecule has 2 aromatic carbocycles. The molecule has 1 aliphatic heterocycles. The number of methoxy groups -OCH3 is 1. The highest BCUT2D eigenvalue weighted by Gasteiger charge is 2.20. The van der Waals surface area contributed by atoms with Crippen LogP contribution in [0.25, 0.3) is 0 Å². The highest BCUT2D eigenvalue weighted by Crippen LogP contribution is 2.25. The van der Waals surface area contributed by atoms with Crippen molar-refractivity contribution in [1.82, 2.24) is 4.90 Å². The van der Waals surface area contributed by atoms with E-state index in [1.165, 1.54) is 0 Å². The summed E-state index contributed by atoms with van der Waals surface area (Å²) in [6, 6.07) is 13.0. The quantitative estimate of drug-likeness (QED) is 0.712. The van der Waals surface area contributed by atoms with E-state index in [9.17, 15) is 9.59 Å². The number of hydrogen-bond donors (Lipinski definition) is 0. The molecule has 6 heteroatoms. The van der Waals surface area contributed by atoms with E-state index >= 15 is 0 Å². The third kappa shape index (κ3) is 4.50. The molecule has 142 valence electrons. The molecule has 0 bridgehead atoms. The van der Waals surface area contributed by atoms with Gasteiger partial charge in [0.05, 0.1) is 7.11 Å². The summed E-state index contributed by atoms with van der Waals surface area (Å²) in [7, 11) is 3.39. The van der Waals surface area contributed by atoms with Crippen LogP contribution in [0.1, 0.15) is 35.2 Å². The van der Waals surface area contributed by atoms with Gasteiger partial charge >= 0.3 is 0 Å². The minimum absolute atomic E-state index is 0.0754. The first-order valence-electron chi connectivity index (χ1n) is 8.98. The molecule has 0 radical (unpaired) electrons. The Bertz CT molecular complexity index is 836. The van der Waals surface area contributed by atoms with Crippen LogP contribution in [-0.2, 0) is 11.3 Å². The van der Waals surface area contributed by atoms with E-state index in [1.807, 2.05) is 30.3 Å². The SMILES string of the molecule is COc1ccc(Br)cc1CN(C)C(=O)c1ccc(N2CCCCC2=O)cc1. The molecule has 27 heavy (non-hydrogen) atoms. The molecule has 0 saturated carbocycles. The topological polar surface area (TPSA) is 49.9 Å². The number of benzene rings is 2. The van der Waals surface area contributed by atoms with Gasteiger partial charge in [-0.05, 0) is 55.3 Å². The Kier molecular flexibility index (Phi) is 6.16. The Morgan fingerprint density at radius 2 is 1.93 bits per heavy atom. The van der Waals surface area contributed by atoms with Crippen LogP contribution < -0.4 is 9.64 Å². The number of ether oxygens (including phenoxy) is 1. The molecule has 1 fully saturated rings. The monoisotopic (exact) mass is 430 g/mol. The van der Waals surface area contributed by atoms with Crippen LogP contribution in [0.2, 0.25) is 0 Å². The number of hydrogen-bond acceptors (Lipinski definition) is 3. The molecule has 5 nitrogen and oxygen atoms in total. The van der Waals surface area contributed by atoms with Crippen molar-refractivity contribution in [2.45, 2.75) is 25.8 Å². The van der Waals surface area contributed by atoms with Crippen molar-refractivity contribution < 1.29 is 14.3 Å². The van der Waals surface area contributed by atoms with Gasteiger partial charge in [-0.25, -0.2) is 0 Å². The van der Waals surface area contributed by atoms with E-state index in [0.29, 0.717) is 18.5 Å². The Morgan fingerprint density at radius 3 is 2.59 bits per heavy atom. The third-order valence-electron chi connectivity index (χ3n) is 4.75. The van der Waals surface area contributed by atoms with Crippen LogP contribution in [0.3, 0.4) is 0 Å². The number of carbonyl (C=O) groups is 2. The van der Waals surface area contributed by atoms with Crippen molar-refractivity contribution in [3.05, 3.63) is 58.1 Å². The van der Waals surface area contributed by atoms with E-state index in [0.717, 1.165) is 40.9 Å². The maximum absolute atomic E-state index is 12.8. The van der Waals surface area contributed by atoms with E-state index in [-0.39, 0.29) is 11.8 Å². The molecular formula is C21H23BrN2O3. The van der Waals surface area contributed by atoms with E-state index < -0.39 is 0 Å². The lowest BCUT2D eigenvalue weighted by atomic mass is 10.1. The Labute approximate surface area is 168 Å². The molecule has 0 atom stereocenters. The average Bonchev–Trinajstić information content (AvgIpc) is 2.68. The molecule has 0 unspecified atom stereocenters. The fourth-order valence-electron chi connectivity index (χ4n) is 3.28. The Morgan fingerprint density at radius 1 is 1.19 bits per heavy atom. The molecular weight excluding hydrogens is 408 g/mol. The van der Waals surface area contributed by atoms with E-state index in [2.05, 4.69) is 15.9 Å². The molecule has 0 N–H and O–H groups in total. The van der Waals surface area contributed by atoms with Gasteiger partial charge in [0.25, 0.3) is 5.91 Å². The number of amides is 2. The number of rotatable bonds is 5. The van der Waals surface area contributed by atoms with Crippen molar-refractivity contribution in [2.75, 3.05) is 25.6 Å². The third-order valence-corrected chi connectivity index (χ3v) is 5.24. The second kappa shape index (κ2) is 8.57. The average molecular weight is 431 g/mol. The minimum atomic E-state index is -0.0754. The van der Waals surface area contributed by atoms with Gasteiger partial charge in [0.15, 0.2) is 0 Å². The maximum atomic E-state index is 12.8. The summed E-state index contributed by atoms with van der Waals surface area (Å²) in [6.07, 6.45) is 2.57. The predicted octanol–water partition coefficient (Wildman–Crippen LogP) is 4.25. The van der Waals surface area contributed by atoms with Crippen LogP contribution in [0.15, 0.2) is 46.9 Å². The highest BCUT2D eigenvalue weighted by molar-refractivity contribution is 9.10. The van der Waals surface area contributed by atoms with Gasteiger partial charge in [0.2, 0.25) is 5.91 Å². The number of piperidine rings is 1. The Hall–Kier alpha value is -2.34. The maximum Gasteiger partial charge on any atom is 0.253 e. The summed E-state index contributed by atoms with van der Waals surface area (Å²) in [5.74, 6) is 0.824. The van der Waals surface area contributed by atoms with Crippen molar-refractivity contribution in [2.24, 2.45) is 0 Å². The van der Waals surface area contributed by atoms with Crippen molar-refractivity contribution in [3.8, 4) is 5.75 Å². The summed E-state index contributed by atoms with van der Waals surface area (Å²) < 4.78 is 6.32. The van der Waals surface area contributed by atoms with Gasteiger partial charge in [-0.2, -0.15) is 0 Å². The molecule has 0 aliphatic carbocycles. The summed E-state index contributed by atoms with van der Waals surface area (Å²) >= 11 is 3.46. The smallest absolute Gasteiger partial charge is 0.253 e. The second-order valence-corrected chi connectivity index (χ2v) is 7.58. The molecule has 1 heterocycles. The zero-order valence-corrected chi connectivity index (χ0v) is 17.2. The molecule has 0 aromatic heterocycles. The van der Waals surface area contributed by atoms with E-state index in [1.54, 1.807) is 36.1 Å². The first-order valence-corrected chi connectivity index (χ1v) is 9.77. The van der Waals surface area contributed by atoms with Gasteiger partial charge in [-0.3, -0.25) is 9.59 Å². The first-order chi connectivity index (χ1) is 13.0. The van der Waals surface area contributed by atoms with Crippen LogP contribution in [-0.4, -0.2) is 37.4 Å². The van der Waals surface area contributed by atoms with Gasteiger partial charge in [0, 0.05) is 47.8 Å². The lowest BCUT2D eigenvalue weighted by Gasteiger charge is -2.27. The fraction of sp³-hybridized carbons (Fsp3) is 0.333. The molecule has 1 saturated heterocycles. The zero-order valence-electron chi connectivity index (χ0n) is 15.6. The summed E-state index contributed by atoms with van der Waals surface area (Å²) in [5.41, 5.74) is 2.38. The van der Waals surface area contributed by atoms with Crippen molar-refractivity contribution in [1.29, 1.82) is 0 Å². The normalized spacial score (nSPS) is 14.2. The van der Waals surface area contributed by atoms with Gasteiger partial charge in [-0.15, -0.1) is 0 Å². The van der Waals surface area contributed by atoms with Crippen LogP contribution in [0, 0.1) is 0 Å². The minimum Gasteiger partial charge on any atom is -0.496 e. The number of anilines is 1. The molecule has 1 aliphatic rings. The van der Waals surface area contributed by atoms with Gasteiger partial charge in [0.1, 0.15) is 5.75 Å². The lowest BCUT2D eigenvalue weighted by molar-refractivity contribution is -0.119. The van der Waals surface area contributed by atoms with Crippen LogP contribution in [0.4, 0.5) is 5.69 Å². The summed E-state index contributed by atoms with van der Waals surface area (Å²) in [6.45, 7) is 1.18. The first kappa shape index (κ1) is 19.4. The lowest BCUT2D eigenvalue weighted by Crippen LogP contribution is -2.35. The largest absolute Gasteiger partial charge is 0.496 e. The summed E-state index contributed by atoms with van der Waals surface area (Å²) in [5, 5.41) is 0. The molecule has 0 spiro atoms. The second-order valence-electron chi connectivity index (χ2n) is 6.67. The van der Waals surface area contributed by atoms with Gasteiger partial charge in [-0.1, -0.05) is 15.9 Å².